The maximum atomic E-state index is 12.7. The monoisotopic (exact) mass is 454 g/mol. The molecule has 0 bridgehead atoms. The standard InChI is InChI=1S/C24H26N2O7/c1-29-22(27)18-10-16-17-12-24(31-3,32-4)14-26(23(28)30-2)19(17)11-20(21(16)25-18)33-13-15-8-6-5-7-9-15/h5-11,25H,12-14H2,1-4H3. The predicted molar refractivity (Wildman–Crippen MR) is 121 cm³/mol. The Bertz CT molecular complexity index is 1170. The minimum absolute atomic E-state index is 0.123. The number of ether oxygens (including phenoxy) is 5. The number of amides is 1. The molecule has 33 heavy (non-hydrogen) atoms. The quantitative estimate of drug-likeness (QED) is 0.448. The third-order valence-electron chi connectivity index (χ3n) is 5.88. The molecular weight excluding hydrogens is 428 g/mol. The number of benzene rings is 2. The van der Waals surface area contributed by atoms with Gasteiger partial charge in [-0.2, -0.15) is 0 Å². The van der Waals surface area contributed by atoms with Crippen LogP contribution in [-0.4, -0.2) is 57.8 Å². The van der Waals surface area contributed by atoms with Gasteiger partial charge in [0.2, 0.25) is 0 Å². The van der Waals surface area contributed by atoms with Gasteiger partial charge in [0.05, 0.1) is 32.0 Å². The lowest BCUT2D eigenvalue weighted by atomic mass is 9.93. The molecule has 0 atom stereocenters. The number of hydrogen-bond donors (Lipinski definition) is 1. The van der Waals surface area contributed by atoms with Crippen molar-refractivity contribution in [3.05, 3.63) is 59.3 Å². The number of fused-ring (bicyclic) bond motifs is 3. The molecule has 1 aromatic heterocycles. The second kappa shape index (κ2) is 9.13. The summed E-state index contributed by atoms with van der Waals surface area (Å²) >= 11 is 0. The molecule has 0 spiro atoms. The van der Waals surface area contributed by atoms with Crippen LogP contribution in [-0.2, 0) is 32.0 Å². The van der Waals surface area contributed by atoms with Gasteiger partial charge in [-0.25, -0.2) is 9.59 Å². The molecule has 0 saturated heterocycles. The molecule has 1 aliphatic heterocycles. The fraction of sp³-hybridized carbons (Fsp3) is 0.333. The third kappa shape index (κ3) is 4.12. The number of aromatic amines is 1. The first-order chi connectivity index (χ1) is 15.9. The van der Waals surface area contributed by atoms with Crippen molar-refractivity contribution in [2.45, 2.75) is 18.8 Å². The second-order valence-corrected chi connectivity index (χ2v) is 7.66. The molecule has 2 heterocycles. The van der Waals surface area contributed by atoms with E-state index in [1.54, 1.807) is 12.1 Å². The lowest BCUT2D eigenvalue weighted by molar-refractivity contribution is -0.199. The van der Waals surface area contributed by atoms with Crippen LogP contribution in [0, 0.1) is 0 Å². The summed E-state index contributed by atoms with van der Waals surface area (Å²) in [6.07, 6.45) is -0.219. The Balaban J connectivity index is 1.89. The number of esters is 1. The molecule has 2 aromatic carbocycles. The van der Waals surface area contributed by atoms with Crippen LogP contribution < -0.4 is 9.64 Å². The Morgan fingerprint density at radius 3 is 2.39 bits per heavy atom. The van der Waals surface area contributed by atoms with Gasteiger partial charge in [-0.3, -0.25) is 4.90 Å². The Kier molecular flexibility index (Phi) is 6.26. The molecule has 174 valence electrons. The first-order valence-electron chi connectivity index (χ1n) is 10.3. The molecule has 4 rings (SSSR count). The van der Waals surface area contributed by atoms with Crippen molar-refractivity contribution in [2.75, 3.05) is 39.9 Å². The van der Waals surface area contributed by atoms with E-state index < -0.39 is 17.8 Å². The van der Waals surface area contributed by atoms with Gasteiger partial charge in [0.25, 0.3) is 0 Å². The maximum Gasteiger partial charge on any atom is 0.414 e. The largest absolute Gasteiger partial charge is 0.487 e. The van der Waals surface area contributed by atoms with Crippen molar-refractivity contribution in [1.29, 1.82) is 0 Å². The summed E-state index contributed by atoms with van der Waals surface area (Å²) < 4.78 is 27.4. The van der Waals surface area contributed by atoms with Crippen LogP contribution in [0.25, 0.3) is 10.9 Å². The minimum Gasteiger partial charge on any atom is -0.487 e. The zero-order chi connectivity index (χ0) is 23.6. The Morgan fingerprint density at radius 2 is 1.76 bits per heavy atom. The zero-order valence-corrected chi connectivity index (χ0v) is 19.0. The van der Waals surface area contributed by atoms with E-state index >= 15 is 0 Å². The van der Waals surface area contributed by atoms with Crippen LogP contribution in [0.5, 0.6) is 5.75 Å². The van der Waals surface area contributed by atoms with E-state index in [2.05, 4.69) is 4.98 Å². The van der Waals surface area contributed by atoms with E-state index in [0.717, 1.165) is 11.1 Å². The van der Waals surface area contributed by atoms with Gasteiger partial charge in [0, 0.05) is 32.1 Å². The highest BCUT2D eigenvalue weighted by Gasteiger charge is 2.42. The van der Waals surface area contributed by atoms with Gasteiger partial charge in [0.1, 0.15) is 18.1 Å². The molecule has 0 unspecified atom stereocenters. The lowest BCUT2D eigenvalue weighted by Crippen LogP contribution is -2.53. The SMILES string of the molecule is COC(=O)c1cc2c3c(cc(OCc4ccccc4)c2[nH]1)N(C(=O)OC)CC(OC)(OC)C3. The second-order valence-electron chi connectivity index (χ2n) is 7.66. The number of carbonyl (C=O) groups is 2. The van der Waals surface area contributed by atoms with Gasteiger partial charge in [0.15, 0.2) is 5.79 Å². The maximum absolute atomic E-state index is 12.7. The average Bonchev–Trinajstić information content (AvgIpc) is 3.32. The number of aromatic nitrogens is 1. The molecule has 1 N–H and O–H groups in total. The lowest BCUT2D eigenvalue weighted by Gasteiger charge is -2.41. The van der Waals surface area contributed by atoms with Gasteiger partial charge in [-0.1, -0.05) is 30.3 Å². The van der Waals surface area contributed by atoms with Crippen molar-refractivity contribution < 1.29 is 33.3 Å². The highest BCUT2D eigenvalue weighted by molar-refractivity contribution is 6.03. The van der Waals surface area contributed by atoms with Crippen molar-refractivity contribution >= 4 is 28.7 Å². The number of H-pyrrole nitrogens is 1. The number of nitrogens with zero attached hydrogens (tertiary/aromatic N) is 1. The summed E-state index contributed by atoms with van der Waals surface area (Å²) in [5, 5.41) is 0.697. The van der Waals surface area contributed by atoms with Crippen LogP contribution in [0.15, 0.2) is 42.5 Å². The molecule has 0 aliphatic carbocycles. The van der Waals surface area contributed by atoms with Crippen LogP contribution >= 0.6 is 0 Å². The van der Waals surface area contributed by atoms with E-state index in [4.69, 9.17) is 23.7 Å². The number of carbonyl (C=O) groups excluding carboxylic acids is 2. The van der Waals surface area contributed by atoms with Crippen molar-refractivity contribution in [3.63, 3.8) is 0 Å². The van der Waals surface area contributed by atoms with Crippen LogP contribution in [0.4, 0.5) is 10.5 Å². The topological polar surface area (TPSA) is 99.3 Å². The first-order valence-corrected chi connectivity index (χ1v) is 10.3. The third-order valence-corrected chi connectivity index (χ3v) is 5.88. The van der Waals surface area contributed by atoms with Gasteiger partial charge >= 0.3 is 12.1 Å². The van der Waals surface area contributed by atoms with Crippen LogP contribution in [0.1, 0.15) is 21.6 Å². The molecule has 9 nitrogen and oxygen atoms in total. The van der Waals surface area contributed by atoms with E-state index in [1.807, 2.05) is 30.3 Å². The molecule has 9 heteroatoms. The summed E-state index contributed by atoms with van der Waals surface area (Å²) in [6, 6.07) is 13.2. The highest BCUT2D eigenvalue weighted by atomic mass is 16.7. The molecular formula is C24H26N2O7. The normalized spacial score (nSPS) is 14.6. The van der Waals surface area contributed by atoms with E-state index in [-0.39, 0.29) is 12.2 Å². The molecule has 1 amide bonds. The van der Waals surface area contributed by atoms with Gasteiger partial charge in [-0.05, 0) is 17.2 Å². The number of rotatable bonds is 6. The zero-order valence-electron chi connectivity index (χ0n) is 19.0. The number of anilines is 1. The Hall–Kier alpha value is -3.56. The van der Waals surface area contributed by atoms with E-state index in [1.165, 1.54) is 33.3 Å². The summed E-state index contributed by atoms with van der Waals surface area (Å²) in [5.41, 5.74) is 3.20. The number of hydrogen-bond acceptors (Lipinski definition) is 7. The molecule has 0 radical (unpaired) electrons. The molecule has 0 saturated carbocycles. The first kappa shape index (κ1) is 22.6. The van der Waals surface area contributed by atoms with Crippen LogP contribution in [0.2, 0.25) is 0 Å². The van der Waals surface area contributed by atoms with E-state index in [0.29, 0.717) is 35.4 Å². The van der Waals surface area contributed by atoms with Gasteiger partial charge < -0.3 is 28.7 Å². The molecule has 1 aliphatic rings. The Morgan fingerprint density at radius 1 is 1.03 bits per heavy atom. The molecule has 3 aromatic rings. The fourth-order valence-corrected chi connectivity index (χ4v) is 4.09. The predicted octanol–water partition coefficient (Wildman–Crippen LogP) is 3.65. The van der Waals surface area contributed by atoms with E-state index in [9.17, 15) is 9.59 Å². The average molecular weight is 454 g/mol. The summed E-state index contributed by atoms with van der Waals surface area (Å²) in [4.78, 5) is 29.5. The van der Waals surface area contributed by atoms with Gasteiger partial charge in [-0.15, -0.1) is 0 Å². The summed E-state index contributed by atoms with van der Waals surface area (Å²) in [5.74, 6) is -1.11. The highest BCUT2D eigenvalue weighted by Crippen LogP contribution is 2.43. The van der Waals surface area contributed by atoms with Crippen molar-refractivity contribution in [1.82, 2.24) is 4.98 Å². The number of nitrogens with one attached hydrogen (secondary N) is 1. The minimum atomic E-state index is -1.08. The van der Waals surface area contributed by atoms with Crippen molar-refractivity contribution in [3.8, 4) is 5.75 Å². The van der Waals surface area contributed by atoms with Crippen LogP contribution in [0.3, 0.4) is 0 Å². The molecule has 0 fully saturated rings. The van der Waals surface area contributed by atoms with Crippen molar-refractivity contribution in [2.24, 2.45) is 0 Å². The Labute approximate surface area is 191 Å². The smallest absolute Gasteiger partial charge is 0.414 e. The summed E-state index contributed by atoms with van der Waals surface area (Å²) in [6.45, 7) is 0.428. The fourth-order valence-electron chi connectivity index (χ4n) is 4.09. The number of methoxy groups -OCH3 is 4. The summed E-state index contributed by atoms with van der Waals surface area (Å²) in [7, 11) is 5.68.